The zero-order valence-corrected chi connectivity index (χ0v) is 15.9. The van der Waals surface area contributed by atoms with Gasteiger partial charge in [0.25, 0.3) is 0 Å². The van der Waals surface area contributed by atoms with Crippen molar-refractivity contribution in [1.29, 1.82) is 0 Å². The molecule has 1 N–H and O–H groups in total. The van der Waals surface area contributed by atoms with Crippen molar-refractivity contribution >= 4 is 5.97 Å². The SMILES string of the molecule is COC(=O)C1(c2cc(C)ccc2OC)CC(O)(c2ccc(OC)cc2)CO1. The molecule has 2 aromatic rings. The van der Waals surface area contributed by atoms with Crippen LogP contribution in [0, 0.1) is 6.92 Å². The molecule has 1 aliphatic heterocycles. The average Bonchev–Trinajstić information content (AvgIpc) is 3.07. The van der Waals surface area contributed by atoms with Gasteiger partial charge in [-0.25, -0.2) is 4.79 Å². The summed E-state index contributed by atoms with van der Waals surface area (Å²) >= 11 is 0. The fraction of sp³-hybridized carbons (Fsp3) is 0.381. The molecule has 1 fully saturated rings. The molecule has 2 unspecified atom stereocenters. The molecule has 3 rings (SSSR count). The first-order chi connectivity index (χ1) is 12.9. The van der Waals surface area contributed by atoms with E-state index in [9.17, 15) is 9.90 Å². The van der Waals surface area contributed by atoms with Gasteiger partial charge in [0.2, 0.25) is 0 Å². The standard InChI is InChI=1S/C21H24O6/c1-14-5-10-18(25-3)17(11-14)21(19(22)26-4)12-20(23,13-27-21)15-6-8-16(24-2)9-7-15/h5-11,23H,12-13H2,1-4H3. The number of ether oxygens (including phenoxy) is 4. The summed E-state index contributed by atoms with van der Waals surface area (Å²) in [6.07, 6.45) is 0.0127. The quantitative estimate of drug-likeness (QED) is 0.814. The van der Waals surface area contributed by atoms with Crippen molar-refractivity contribution in [3.8, 4) is 11.5 Å². The average molecular weight is 372 g/mol. The number of methoxy groups -OCH3 is 3. The highest BCUT2D eigenvalue weighted by molar-refractivity contribution is 5.83. The lowest BCUT2D eigenvalue weighted by atomic mass is 9.81. The maximum absolute atomic E-state index is 12.8. The van der Waals surface area contributed by atoms with Crippen LogP contribution in [0.25, 0.3) is 0 Å². The van der Waals surface area contributed by atoms with Gasteiger partial charge in [-0.15, -0.1) is 0 Å². The normalized spacial score (nSPS) is 24.5. The van der Waals surface area contributed by atoms with Crippen molar-refractivity contribution in [1.82, 2.24) is 0 Å². The second-order valence-electron chi connectivity index (χ2n) is 6.75. The fourth-order valence-electron chi connectivity index (χ4n) is 3.56. The summed E-state index contributed by atoms with van der Waals surface area (Å²) in [5.74, 6) is 0.613. The molecular formula is C21H24O6. The Hall–Kier alpha value is -2.57. The van der Waals surface area contributed by atoms with Crippen molar-refractivity contribution in [3.05, 3.63) is 59.2 Å². The van der Waals surface area contributed by atoms with E-state index in [0.717, 1.165) is 5.56 Å². The molecule has 27 heavy (non-hydrogen) atoms. The summed E-state index contributed by atoms with van der Waals surface area (Å²) in [5, 5.41) is 11.3. The lowest BCUT2D eigenvalue weighted by molar-refractivity contribution is -0.165. The van der Waals surface area contributed by atoms with Crippen LogP contribution in [0.5, 0.6) is 11.5 Å². The first-order valence-corrected chi connectivity index (χ1v) is 8.63. The number of hydrogen-bond donors (Lipinski definition) is 1. The molecule has 1 aliphatic rings. The monoisotopic (exact) mass is 372 g/mol. The lowest BCUT2D eigenvalue weighted by Crippen LogP contribution is -2.38. The van der Waals surface area contributed by atoms with Crippen LogP contribution in [0.4, 0.5) is 0 Å². The zero-order valence-electron chi connectivity index (χ0n) is 15.9. The van der Waals surface area contributed by atoms with E-state index in [1.54, 1.807) is 37.4 Å². The molecule has 0 bridgehead atoms. The predicted octanol–water partition coefficient (Wildman–Crippen LogP) is 2.69. The molecule has 0 amide bonds. The van der Waals surface area contributed by atoms with Gasteiger partial charge in [-0.2, -0.15) is 0 Å². The lowest BCUT2D eigenvalue weighted by Gasteiger charge is -2.29. The highest BCUT2D eigenvalue weighted by Crippen LogP contribution is 2.49. The van der Waals surface area contributed by atoms with Gasteiger partial charge in [-0.1, -0.05) is 23.8 Å². The second kappa shape index (κ2) is 7.21. The molecule has 0 aromatic heterocycles. The highest BCUT2D eigenvalue weighted by atomic mass is 16.6. The highest BCUT2D eigenvalue weighted by Gasteiger charge is 2.57. The van der Waals surface area contributed by atoms with Gasteiger partial charge >= 0.3 is 5.97 Å². The number of carbonyl (C=O) groups is 1. The Labute approximate surface area is 158 Å². The molecule has 0 aliphatic carbocycles. The number of esters is 1. The molecule has 0 spiro atoms. The van der Waals surface area contributed by atoms with Crippen LogP contribution in [-0.4, -0.2) is 39.0 Å². The number of hydrogen-bond acceptors (Lipinski definition) is 6. The van der Waals surface area contributed by atoms with Gasteiger partial charge in [-0.3, -0.25) is 0 Å². The Kier molecular flexibility index (Phi) is 5.13. The van der Waals surface area contributed by atoms with E-state index >= 15 is 0 Å². The summed E-state index contributed by atoms with van der Waals surface area (Å²) in [7, 11) is 4.42. The fourth-order valence-corrected chi connectivity index (χ4v) is 3.56. The van der Waals surface area contributed by atoms with Crippen molar-refractivity contribution in [3.63, 3.8) is 0 Å². The van der Waals surface area contributed by atoms with E-state index in [4.69, 9.17) is 18.9 Å². The molecule has 6 heteroatoms. The van der Waals surface area contributed by atoms with Gasteiger partial charge in [0, 0.05) is 12.0 Å². The molecule has 1 saturated heterocycles. The van der Waals surface area contributed by atoms with Crippen LogP contribution in [0.3, 0.4) is 0 Å². The summed E-state index contributed by atoms with van der Waals surface area (Å²) in [5.41, 5.74) is -0.685. The Bertz CT molecular complexity index is 831. The number of benzene rings is 2. The third-order valence-electron chi connectivity index (χ3n) is 5.03. The number of rotatable bonds is 5. The van der Waals surface area contributed by atoms with Gasteiger partial charge in [0.1, 0.15) is 17.1 Å². The van der Waals surface area contributed by atoms with Gasteiger partial charge in [0.15, 0.2) is 5.60 Å². The third-order valence-corrected chi connectivity index (χ3v) is 5.03. The van der Waals surface area contributed by atoms with Crippen LogP contribution in [0.2, 0.25) is 0 Å². The topological polar surface area (TPSA) is 74.2 Å². The molecule has 2 atom stereocenters. The van der Waals surface area contributed by atoms with E-state index in [2.05, 4.69) is 0 Å². The first kappa shape index (κ1) is 19.2. The summed E-state index contributed by atoms with van der Waals surface area (Å²) in [4.78, 5) is 12.8. The minimum absolute atomic E-state index is 0.0127. The number of carbonyl (C=O) groups excluding carboxylic acids is 1. The summed E-state index contributed by atoms with van der Waals surface area (Å²) < 4.78 is 21.6. The molecular weight excluding hydrogens is 348 g/mol. The zero-order chi connectivity index (χ0) is 19.7. The largest absolute Gasteiger partial charge is 0.497 e. The van der Waals surface area contributed by atoms with Crippen LogP contribution in [-0.2, 0) is 25.5 Å². The first-order valence-electron chi connectivity index (χ1n) is 8.63. The molecule has 2 aromatic carbocycles. The second-order valence-corrected chi connectivity index (χ2v) is 6.75. The van der Waals surface area contributed by atoms with E-state index in [1.807, 2.05) is 19.1 Å². The minimum Gasteiger partial charge on any atom is -0.497 e. The molecule has 144 valence electrons. The van der Waals surface area contributed by atoms with E-state index < -0.39 is 17.2 Å². The van der Waals surface area contributed by atoms with Crippen LogP contribution in [0.1, 0.15) is 23.1 Å². The Morgan fingerprint density at radius 2 is 1.78 bits per heavy atom. The third kappa shape index (κ3) is 3.26. The van der Waals surface area contributed by atoms with Crippen LogP contribution in [0.15, 0.2) is 42.5 Å². The van der Waals surface area contributed by atoms with Crippen molar-refractivity contribution in [2.24, 2.45) is 0 Å². The van der Waals surface area contributed by atoms with E-state index in [1.165, 1.54) is 14.2 Å². The van der Waals surface area contributed by atoms with Gasteiger partial charge < -0.3 is 24.1 Å². The maximum atomic E-state index is 12.8. The number of aliphatic hydroxyl groups is 1. The summed E-state index contributed by atoms with van der Waals surface area (Å²) in [6, 6.07) is 12.6. The molecule has 1 heterocycles. The van der Waals surface area contributed by atoms with Crippen molar-refractivity contribution in [2.75, 3.05) is 27.9 Å². The van der Waals surface area contributed by atoms with E-state index in [-0.39, 0.29) is 13.0 Å². The Balaban J connectivity index is 2.07. The maximum Gasteiger partial charge on any atom is 0.343 e. The smallest absolute Gasteiger partial charge is 0.343 e. The Morgan fingerprint density at radius 1 is 1.07 bits per heavy atom. The van der Waals surface area contributed by atoms with Gasteiger partial charge in [0.05, 0.1) is 27.9 Å². The number of aryl methyl sites for hydroxylation is 1. The Morgan fingerprint density at radius 3 is 2.37 bits per heavy atom. The van der Waals surface area contributed by atoms with Crippen molar-refractivity contribution < 1.29 is 28.8 Å². The van der Waals surface area contributed by atoms with Crippen molar-refractivity contribution in [2.45, 2.75) is 24.5 Å². The minimum atomic E-state index is -1.46. The molecule has 0 radical (unpaired) electrons. The van der Waals surface area contributed by atoms with Gasteiger partial charge in [-0.05, 0) is 36.8 Å². The molecule has 6 nitrogen and oxygen atoms in total. The van der Waals surface area contributed by atoms with E-state index in [0.29, 0.717) is 22.6 Å². The molecule has 0 saturated carbocycles. The summed E-state index contributed by atoms with van der Waals surface area (Å²) in [6.45, 7) is 1.87. The van der Waals surface area contributed by atoms with Crippen LogP contribution >= 0.6 is 0 Å². The predicted molar refractivity (Wildman–Crippen MR) is 98.9 cm³/mol. The van der Waals surface area contributed by atoms with Crippen LogP contribution < -0.4 is 9.47 Å².